The van der Waals surface area contributed by atoms with Crippen LogP contribution in [-0.2, 0) is 20.0 Å². The molecular formula is C26H29F2N5. The van der Waals surface area contributed by atoms with Crippen LogP contribution in [0, 0.1) is 12.8 Å². The Morgan fingerprint density at radius 1 is 1.09 bits per heavy atom. The molecule has 0 atom stereocenters. The number of halogens is 2. The fourth-order valence-corrected chi connectivity index (χ4v) is 4.99. The van der Waals surface area contributed by atoms with Gasteiger partial charge in [-0.05, 0) is 49.3 Å². The number of rotatable bonds is 5. The van der Waals surface area contributed by atoms with Gasteiger partial charge in [0, 0.05) is 50.0 Å². The molecule has 0 spiro atoms. The van der Waals surface area contributed by atoms with Crippen molar-refractivity contribution in [2.75, 3.05) is 0 Å². The van der Waals surface area contributed by atoms with E-state index in [-0.39, 0.29) is 18.8 Å². The number of fused-ring (bicyclic) bond motifs is 1. The first-order valence-corrected chi connectivity index (χ1v) is 11.7. The number of hydrogen-bond acceptors (Lipinski definition) is 3. The van der Waals surface area contributed by atoms with E-state index in [1.807, 2.05) is 20.2 Å². The van der Waals surface area contributed by atoms with Crippen LogP contribution in [0.3, 0.4) is 0 Å². The largest absolute Gasteiger partial charge is 0.345 e. The molecule has 1 aliphatic carbocycles. The number of aromatic nitrogens is 5. The van der Waals surface area contributed by atoms with E-state index in [4.69, 9.17) is 4.98 Å². The van der Waals surface area contributed by atoms with E-state index in [0.29, 0.717) is 19.4 Å². The second-order valence-electron chi connectivity index (χ2n) is 9.28. The van der Waals surface area contributed by atoms with Gasteiger partial charge in [-0.2, -0.15) is 0 Å². The first-order valence-electron chi connectivity index (χ1n) is 11.7. The van der Waals surface area contributed by atoms with Crippen LogP contribution in [0.5, 0.6) is 0 Å². The molecule has 0 N–H and O–H groups in total. The first-order chi connectivity index (χ1) is 15.8. The summed E-state index contributed by atoms with van der Waals surface area (Å²) in [6.07, 6.45) is 6.06. The minimum absolute atomic E-state index is 0.0222. The molecule has 1 aromatic carbocycles. The normalized spacial score (nSPS) is 16.5. The van der Waals surface area contributed by atoms with Crippen molar-refractivity contribution in [3.8, 4) is 22.4 Å². The lowest BCUT2D eigenvalue weighted by Gasteiger charge is -2.28. The minimum Gasteiger partial charge on any atom is -0.345 e. The van der Waals surface area contributed by atoms with Crippen molar-refractivity contribution < 1.29 is 8.78 Å². The molecule has 4 aromatic rings. The Balaban J connectivity index is 1.59. The molecule has 0 saturated heterocycles. The van der Waals surface area contributed by atoms with Crippen molar-refractivity contribution in [2.45, 2.75) is 58.4 Å². The molecule has 1 aliphatic rings. The zero-order valence-electron chi connectivity index (χ0n) is 19.4. The van der Waals surface area contributed by atoms with Gasteiger partial charge in [-0.3, -0.25) is 4.98 Å². The lowest BCUT2D eigenvalue weighted by molar-refractivity contribution is -0.0472. The van der Waals surface area contributed by atoms with Gasteiger partial charge in [0.05, 0.1) is 22.4 Å². The van der Waals surface area contributed by atoms with Gasteiger partial charge in [0.2, 0.25) is 5.92 Å². The fraction of sp³-hybridized carbons (Fsp3) is 0.423. The second-order valence-corrected chi connectivity index (χ2v) is 9.28. The predicted molar refractivity (Wildman–Crippen MR) is 126 cm³/mol. The maximum atomic E-state index is 13.7. The highest BCUT2D eigenvalue weighted by Gasteiger charge is 2.35. The third kappa shape index (κ3) is 4.16. The molecule has 5 nitrogen and oxygen atoms in total. The average Bonchev–Trinajstić information content (AvgIpc) is 3.34. The summed E-state index contributed by atoms with van der Waals surface area (Å²) in [4.78, 5) is 4.87. The maximum absolute atomic E-state index is 13.7. The number of benzene rings is 1. The first kappa shape index (κ1) is 21.7. The van der Waals surface area contributed by atoms with Crippen molar-refractivity contribution in [3.63, 3.8) is 0 Å². The Kier molecular flexibility index (Phi) is 5.51. The molecule has 7 heteroatoms. The standard InChI is InChI=1S/C26H29F2N5/c1-4-18-5-7-20(8-6-18)22-16-33(15-19-9-11-26(27,28)12-10-19)23-13-21(14-29-24(22)23)25-17(2)30-31-32(25)3/h5-8,13-14,16,19H,4,9-12,15H2,1-3H3. The zero-order valence-corrected chi connectivity index (χ0v) is 19.4. The number of aryl methyl sites for hydroxylation is 3. The summed E-state index contributed by atoms with van der Waals surface area (Å²) in [5, 5.41) is 8.31. The van der Waals surface area contributed by atoms with Crippen molar-refractivity contribution >= 4 is 11.0 Å². The molecule has 0 bridgehead atoms. The van der Waals surface area contributed by atoms with Gasteiger partial charge in [0.25, 0.3) is 0 Å². The third-order valence-corrected chi connectivity index (χ3v) is 6.95. The van der Waals surface area contributed by atoms with Gasteiger partial charge in [-0.15, -0.1) is 5.10 Å². The highest BCUT2D eigenvalue weighted by Crippen LogP contribution is 2.38. The van der Waals surface area contributed by atoms with Crippen molar-refractivity contribution in [2.24, 2.45) is 13.0 Å². The molecule has 0 unspecified atom stereocenters. The Morgan fingerprint density at radius 2 is 1.82 bits per heavy atom. The molecule has 1 saturated carbocycles. The Morgan fingerprint density at radius 3 is 2.45 bits per heavy atom. The predicted octanol–water partition coefficient (Wildman–Crippen LogP) is 6.20. The van der Waals surface area contributed by atoms with Gasteiger partial charge in [0.15, 0.2) is 0 Å². The van der Waals surface area contributed by atoms with Gasteiger partial charge in [0.1, 0.15) is 0 Å². The monoisotopic (exact) mass is 449 g/mol. The van der Waals surface area contributed by atoms with Gasteiger partial charge in [-0.25, -0.2) is 13.5 Å². The fourth-order valence-electron chi connectivity index (χ4n) is 4.99. The van der Waals surface area contributed by atoms with E-state index in [1.165, 1.54) is 5.56 Å². The molecular weight excluding hydrogens is 420 g/mol. The van der Waals surface area contributed by atoms with E-state index >= 15 is 0 Å². The Labute approximate surface area is 192 Å². The topological polar surface area (TPSA) is 48.5 Å². The van der Waals surface area contributed by atoms with Gasteiger partial charge < -0.3 is 4.57 Å². The van der Waals surface area contributed by atoms with Crippen LogP contribution in [-0.4, -0.2) is 30.5 Å². The quantitative estimate of drug-likeness (QED) is 0.365. The maximum Gasteiger partial charge on any atom is 0.248 e. The summed E-state index contributed by atoms with van der Waals surface area (Å²) in [5.74, 6) is -2.28. The molecule has 3 aromatic heterocycles. The molecule has 5 rings (SSSR count). The second kappa shape index (κ2) is 8.36. The van der Waals surface area contributed by atoms with Gasteiger partial charge in [-0.1, -0.05) is 36.4 Å². The summed E-state index contributed by atoms with van der Waals surface area (Å²) in [5.41, 5.74) is 8.15. The summed E-state index contributed by atoms with van der Waals surface area (Å²) >= 11 is 0. The molecule has 0 aliphatic heterocycles. The summed E-state index contributed by atoms with van der Waals surface area (Å²) < 4.78 is 31.4. The van der Waals surface area contributed by atoms with Crippen molar-refractivity contribution in [3.05, 3.63) is 54.0 Å². The summed E-state index contributed by atoms with van der Waals surface area (Å²) in [6, 6.07) is 10.7. The highest BCUT2D eigenvalue weighted by molar-refractivity contribution is 5.94. The third-order valence-electron chi connectivity index (χ3n) is 6.95. The zero-order chi connectivity index (χ0) is 23.2. The number of alkyl halides is 2. The van der Waals surface area contributed by atoms with E-state index < -0.39 is 5.92 Å². The highest BCUT2D eigenvalue weighted by atomic mass is 19.3. The smallest absolute Gasteiger partial charge is 0.248 e. The molecule has 3 heterocycles. The minimum atomic E-state index is -2.51. The van der Waals surface area contributed by atoms with Crippen molar-refractivity contribution in [1.29, 1.82) is 0 Å². The van der Waals surface area contributed by atoms with E-state index in [2.05, 4.69) is 58.3 Å². The number of nitrogens with zero attached hydrogens (tertiary/aromatic N) is 5. The molecule has 33 heavy (non-hydrogen) atoms. The van der Waals surface area contributed by atoms with Crippen LogP contribution >= 0.6 is 0 Å². The van der Waals surface area contributed by atoms with Crippen LogP contribution < -0.4 is 0 Å². The summed E-state index contributed by atoms with van der Waals surface area (Å²) in [6.45, 7) is 4.80. The van der Waals surface area contributed by atoms with Crippen LogP contribution in [0.1, 0.15) is 43.9 Å². The van der Waals surface area contributed by atoms with Crippen LogP contribution in [0.25, 0.3) is 33.4 Å². The average molecular weight is 450 g/mol. The number of hydrogen-bond donors (Lipinski definition) is 0. The van der Waals surface area contributed by atoms with E-state index in [9.17, 15) is 8.78 Å². The van der Waals surface area contributed by atoms with E-state index in [1.54, 1.807) is 4.68 Å². The van der Waals surface area contributed by atoms with Crippen LogP contribution in [0.4, 0.5) is 8.78 Å². The lowest BCUT2D eigenvalue weighted by Crippen LogP contribution is -2.26. The molecule has 1 fully saturated rings. The Bertz CT molecular complexity index is 1260. The molecule has 0 radical (unpaired) electrons. The molecule has 172 valence electrons. The number of pyridine rings is 1. The van der Waals surface area contributed by atoms with Gasteiger partial charge >= 0.3 is 0 Å². The Hall–Kier alpha value is -3.09. The molecule has 0 amide bonds. The summed E-state index contributed by atoms with van der Waals surface area (Å²) in [7, 11) is 1.88. The lowest BCUT2D eigenvalue weighted by atomic mass is 9.87. The SMILES string of the molecule is CCc1ccc(-c2cn(CC3CCC(F)(F)CC3)c3cc(-c4c(C)nnn4C)cnc23)cc1. The van der Waals surface area contributed by atoms with E-state index in [0.717, 1.165) is 45.5 Å². The van der Waals surface area contributed by atoms with Crippen LogP contribution in [0.15, 0.2) is 42.7 Å². The van der Waals surface area contributed by atoms with Crippen LogP contribution in [0.2, 0.25) is 0 Å². The van der Waals surface area contributed by atoms with Crippen molar-refractivity contribution in [1.82, 2.24) is 24.5 Å².